The van der Waals surface area contributed by atoms with Crippen molar-refractivity contribution in [2.75, 3.05) is 20.8 Å². The summed E-state index contributed by atoms with van der Waals surface area (Å²) in [5.74, 6) is -0.557. The Kier molecular flexibility index (Phi) is 5.60. The second kappa shape index (κ2) is 7.46. The lowest BCUT2D eigenvalue weighted by Crippen LogP contribution is -2.44. The molecule has 6 heteroatoms. The third-order valence-electron chi connectivity index (χ3n) is 4.23. The van der Waals surface area contributed by atoms with Crippen molar-refractivity contribution in [3.8, 4) is 5.75 Å². The number of carbonyl (C=O) groups is 2. The summed E-state index contributed by atoms with van der Waals surface area (Å²) in [6.45, 7) is 0.214. The van der Waals surface area contributed by atoms with Crippen molar-refractivity contribution >= 4 is 11.9 Å². The molecule has 0 aromatic heterocycles. The predicted octanol–water partition coefficient (Wildman–Crippen LogP) is 1.91. The fourth-order valence-corrected chi connectivity index (χ4v) is 2.85. The topological polar surface area (TPSA) is 84.9 Å². The second-order valence-corrected chi connectivity index (χ2v) is 5.87. The lowest BCUT2D eigenvalue weighted by molar-refractivity contribution is 0.00525. The van der Waals surface area contributed by atoms with E-state index in [2.05, 4.69) is 5.32 Å². The molecular weight excluding hydrogens is 298 g/mol. The molecule has 0 saturated heterocycles. The number of carbonyl (C=O) groups excluding carboxylic acids is 2. The number of benzene rings is 1. The van der Waals surface area contributed by atoms with E-state index in [9.17, 15) is 14.7 Å². The summed E-state index contributed by atoms with van der Waals surface area (Å²) in [6, 6.07) is 4.56. The maximum absolute atomic E-state index is 12.3. The highest BCUT2D eigenvalue weighted by atomic mass is 16.5. The number of hydrogen-bond donors (Lipinski definition) is 2. The molecule has 0 heterocycles. The number of ether oxygens (including phenoxy) is 2. The van der Waals surface area contributed by atoms with Gasteiger partial charge in [0.15, 0.2) is 0 Å². The van der Waals surface area contributed by atoms with Crippen LogP contribution in [0.4, 0.5) is 0 Å². The molecule has 0 aliphatic heterocycles. The van der Waals surface area contributed by atoms with E-state index in [4.69, 9.17) is 9.47 Å². The first-order valence-electron chi connectivity index (χ1n) is 7.76. The van der Waals surface area contributed by atoms with E-state index in [0.717, 1.165) is 19.3 Å². The summed E-state index contributed by atoms with van der Waals surface area (Å²) in [5, 5.41) is 13.2. The summed E-state index contributed by atoms with van der Waals surface area (Å²) in [5.41, 5.74) is -0.310. The molecule has 1 saturated carbocycles. The average molecular weight is 321 g/mol. The molecule has 6 nitrogen and oxygen atoms in total. The number of amides is 1. The van der Waals surface area contributed by atoms with E-state index in [1.165, 1.54) is 20.3 Å². The third kappa shape index (κ3) is 4.22. The first-order valence-corrected chi connectivity index (χ1v) is 7.76. The summed E-state index contributed by atoms with van der Waals surface area (Å²) >= 11 is 0. The molecule has 1 amide bonds. The molecule has 0 unspecified atom stereocenters. The predicted molar refractivity (Wildman–Crippen MR) is 84.7 cm³/mol. The van der Waals surface area contributed by atoms with Crippen molar-refractivity contribution in [2.24, 2.45) is 0 Å². The van der Waals surface area contributed by atoms with Crippen LogP contribution in [0.5, 0.6) is 5.75 Å². The maximum Gasteiger partial charge on any atom is 0.341 e. The SMILES string of the molecule is COC(=O)c1cc(C(=O)NCC2(O)CCCCC2)ccc1OC. The van der Waals surface area contributed by atoms with Crippen LogP contribution in [0.15, 0.2) is 18.2 Å². The highest BCUT2D eigenvalue weighted by molar-refractivity contribution is 5.99. The van der Waals surface area contributed by atoms with Gasteiger partial charge in [0.25, 0.3) is 5.91 Å². The molecule has 0 spiro atoms. The summed E-state index contributed by atoms with van der Waals surface area (Å²) in [7, 11) is 2.72. The number of rotatable bonds is 5. The van der Waals surface area contributed by atoms with E-state index in [-0.39, 0.29) is 18.0 Å². The minimum Gasteiger partial charge on any atom is -0.496 e. The van der Waals surface area contributed by atoms with Gasteiger partial charge in [-0.15, -0.1) is 0 Å². The fourth-order valence-electron chi connectivity index (χ4n) is 2.85. The summed E-state index contributed by atoms with van der Waals surface area (Å²) in [6.07, 6.45) is 4.46. The molecule has 1 fully saturated rings. The maximum atomic E-state index is 12.3. The van der Waals surface area contributed by atoms with Crippen LogP contribution in [0.3, 0.4) is 0 Å². The van der Waals surface area contributed by atoms with E-state index in [1.54, 1.807) is 12.1 Å². The largest absolute Gasteiger partial charge is 0.496 e. The zero-order valence-electron chi connectivity index (χ0n) is 13.6. The van der Waals surface area contributed by atoms with Gasteiger partial charge in [-0.3, -0.25) is 4.79 Å². The molecular formula is C17H23NO5. The number of aliphatic hydroxyl groups is 1. The molecule has 1 aromatic rings. The average Bonchev–Trinajstić information content (AvgIpc) is 2.59. The highest BCUT2D eigenvalue weighted by Crippen LogP contribution is 2.27. The minimum absolute atomic E-state index is 0.194. The van der Waals surface area contributed by atoms with Gasteiger partial charge in [-0.25, -0.2) is 4.79 Å². The van der Waals surface area contributed by atoms with Crippen LogP contribution in [0.2, 0.25) is 0 Å². The van der Waals surface area contributed by atoms with Crippen LogP contribution in [0, 0.1) is 0 Å². The monoisotopic (exact) mass is 321 g/mol. The van der Waals surface area contributed by atoms with E-state index < -0.39 is 11.6 Å². The first-order chi connectivity index (χ1) is 11.0. The molecule has 1 aliphatic rings. The van der Waals surface area contributed by atoms with Gasteiger partial charge in [0.2, 0.25) is 0 Å². The molecule has 2 N–H and O–H groups in total. The number of hydrogen-bond acceptors (Lipinski definition) is 5. The van der Waals surface area contributed by atoms with Gasteiger partial charge in [0.05, 0.1) is 19.8 Å². The van der Waals surface area contributed by atoms with Crippen molar-refractivity contribution in [3.63, 3.8) is 0 Å². The van der Waals surface area contributed by atoms with Crippen molar-refractivity contribution in [3.05, 3.63) is 29.3 Å². The Morgan fingerprint density at radius 3 is 2.52 bits per heavy atom. The number of esters is 1. The molecule has 1 aliphatic carbocycles. The molecule has 0 atom stereocenters. The van der Waals surface area contributed by atoms with E-state index in [0.29, 0.717) is 24.2 Å². The number of methoxy groups -OCH3 is 2. The molecule has 126 valence electrons. The smallest absolute Gasteiger partial charge is 0.341 e. The number of nitrogens with one attached hydrogen (secondary N) is 1. The van der Waals surface area contributed by atoms with Crippen molar-refractivity contribution in [1.82, 2.24) is 5.32 Å². The Morgan fingerprint density at radius 2 is 1.91 bits per heavy atom. The van der Waals surface area contributed by atoms with Crippen LogP contribution in [-0.2, 0) is 4.74 Å². The van der Waals surface area contributed by atoms with E-state index >= 15 is 0 Å². The zero-order valence-corrected chi connectivity index (χ0v) is 13.6. The standard InChI is InChI=1S/C17H23NO5/c1-22-14-7-6-12(10-13(14)16(20)23-2)15(19)18-11-17(21)8-4-3-5-9-17/h6-7,10,21H,3-5,8-9,11H2,1-2H3,(H,18,19). The lowest BCUT2D eigenvalue weighted by atomic mass is 9.85. The van der Waals surface area contributed by atoms with Gasteiger partial charge in [-0.2, -0.15) is 0 Å². The quantitative estimate of drug-likeness (QED) is 0.809. The normalized spacial score (nSPS) is 16.5. The molecule has 23 heavy (non-hydrogen) atoms. The van der Waals surface area contributed by atoms with Crippen molar-refractivity contribution < 1.29 is 24.2 Å². The van der Waals surface area contributed by atoms with Gasteiger partial charge < -0.3 is 19.9 Å². The van der Waals surface area contributed by atoms with E-state index in [1.807, 2.05) is 0 Å². The Morgan fingerprint density at radius 1 is 1.22 bits per heavy atom. The lowest BCUT2D eigenvalue weighted by Gasteiger charge is -2.32. The highest BCUT2D eigenvalue weighted by Gasteiger charge is 2.29. The minimum atomic E-state index is -0.828. The van der Waals surface area contributed by atoms with Gasteiger partial charge in [0, 0.05) is 12.1 Å². The molecule has 1 aromatic carbocycles. The first kappa shape index (κ1) is 17.3. The van der Waals surface area contributed by atoms with Crippen molar-refractivity contribution in [2.45, 2.75) is 37.7 Å². The Labute approximate surface area is 135 Å². The summed E-state index contributed by atoms with van der Waals surface area (Å²) < 4.78 is 9.80. The van der Waals surface area contributed by atoms with Gasteiger partial charge >= 0.3 is 5.97 Å². The zero-order chi connectivity index (χ0) is 16.9. The second-order valence-electron chi connectivity index (χ2n) is 5.87. The molecule has 0 radical (unpaired) electrons. The Bertz CT molecular complexity index is 578. The summed E-state index contributed by atoms with van der Waals surface area (Å²) in [4.78, 5) is 24.0. The van der Waals surface area contributed by atoms with Crippen LogP contribution in [-0.4, -0.2) is 43.3 Å². The molecule has 2 rings (SSSR count). The van der Waals surface area contributed by atoms with Crippen molar-refractivity contribution in [1.29, 1.82) is 0 Å². The molecule has 0 bridgehead atoms. The van der Waals surface area contributed by atoms with Gasteiger partial charge in [-0.05, 0) is 31.0 Å². The Hall–Kier alpha value is -2.08. The fraction of sp³-hybridized carbons (Fsp3) is 0.529. The van der Waals surface area contributed by atoms with Gasteiger partial charge in [-0.1, -0.05) is 19.3 Å². The van der Waals surface area contributed by atoms with Crippen LogP contribution in [0.25, 0.3) is 0 Å². The van der Waals surface area contributed by atoms with Crippen LogP contribution < -0.4 is 10.1 Å². The van der Waals surface area contributed by atoms with Gasteiger partial charge in [0.1, 0.15) is 11.3 Å². The Balaban J connectivity index is 2.08. The van der Waals surface area contributed by atoms with Crippen LogP contribution in [0.1, 0.15) is 52.8 Å². The van der Waals surface area contributed by atoms with Crippen LogP contribution >= 0.6 is 0 Å². The third-order valence-corrected chi connectivity index (χ3v) is 4.23.